The van der Waals surface area contributed by atoms with Crippen LogP contribution in [0, 0.1) is 0 Å². The third kappa shape index (κ3) is 9.40. The number of aromatic carboxylic acids is 13. The lowest BCUT2D eigenvalue weighted by atomic mass is 9.85. The van der Waals surface area contributed by atoms with Crippen LogP contribution in [0.3, 0.4) is 0 Å². The highest BCUT2D eigenvalue weighted by Crippen LogP contribution is 2.36. The summed E-state index contributed by atoms with van der Waals surface area (Å²) in [5, 5.41) is 128. The molecular weight excluding hydrogens is 1000 g/mol. The summed E-state index contributed by atoms with van der Waals surface area (Å²) in [7, 11) is 0. The van der Waals surface area contributed by atoms with Crippen LogP contribution < -0.4 is 0 Å². The number of hydrogen-bond acceptors (Lipinski definition) is 21. The van der Waals surface area contributed by atoms with Crippen LogP contribution in [0.25, 0.3) is 0 Å². The highest BCUT2D eigenvalue weighted by atomic mass is 16.6. The largest absolute Gasteiger partial charge is 0.478 e. The third-order valence-electron chi connectivity index (χ3n) is 8.95. The maximum absolute atomic E-state index is 14.2. The van der Waals surface area contributed by atoms with Crippen LogP contribution in [0.5, 0.6) is 0 Å². The smallest absolute Gasteiger partial charge is 0.347 e. The lowest BCUT2D eigenvalue weighted by Crippen LogP contribution is -2.33. The molecule has 0 heterocycles. The van der Waals surface area contributed by atoms with Gasteiger partial charge in [0.1, 0.15) is 0 Å². The Bertz CT molecular complexity index is 3120. The monoisotopic (exact) mass is 1020 g/mol. The Morgan fingerprint density at radius 1 is 0.222 bits per heavy atom. The molecule has 0 radical (unpaired) electrons. The first kappa shape index (κ1) is 54.9. The molecule has 34 heteroatoms. The van der Waals surface area contributed by atoms with Gasteiger partial charge in [0, 0.05) is 0 Å². The van der Waals surface area contributed by atoms with Crippen molar-refractivity contribution >= 4 is 107 Å². The van der Waals surface area contributed by atoms with E-state index in [0.29, 0.717) is 0 Å². The van der Waals surface area contributed by atoms with Crippen molar-refractivity contribution in [3.63, 3.8) is 0 Å². The molecule has 0 amide bonds. The minimum Gasteiger partial charge on any atom is -0.478 e. The summed E-state index contributed by atoms with van der Waals surface area (Å²) >= 11 is 0. The molecule has 0 spiro atoms. The molecule has 0 saturated heterocycles. The fourth-order valence-electron chi connectivity index (χ4n) is 6.63. The van der Waals surface area contributed by atoms with Crippen LogP contribution in [-0.2, 0) is 14.2 Å². The molecule has 0 aliphatic carbocycles. The Labute approximate surface area is 387 Å². The molecule has 72 heavy (non-hydrogen) atoms. The van der Waals surface area contributed by atoms with E-state index in [9.17, 15) is 153 Å². The third-order valence-corrected chi connectivity index (χ3v) is 8.95. The average Bonchev–Trinajstić information content (AvgIpc) is 3.24. The van der Waals surface area contributed by atoms with E-state index in [2.05, 4.69) is 14.2 Å². The van der Waals surface area contributed by atoms with E-state index >= 15 is 0 Å². The van der Waals surface area contributed by atoms with Crippen LogP contribution in [0.4, 0.5) is 0 Å². The number of carboxylic acids is 13. The van der Waals surface area contributed by atoms with E-state index in [1.807, 2.05) is 0 Å². The van der Waals surface area contributed by atoms with Gasteiger partial charge in [-0.3, -0.25) is 0 Å². The van der Waals surface area contributed by atoms with E-state index in [1.54, 1.807) is 0 Å². The van der Waals surface area contributed by atoms with E-state index in [4.69, 9.17) is 0 Å². The SMILES string of the molecule is CCOC(=O)c1c(C(=O)O)c(C(=O)O)c(C(=O)O)c(C(=O)OC(=O)c2c(C(=O)O)c(C(=O)O)c(C(=O)O)c(C(=O)O)c2C(=O)O)c1C(=O)OC(=O)c1c(C(=O)O)c(C(=O)O)c(C(=O)O)c(C(=O)O)c1C(=O)O. The van der Waals surface area contributed by atoms with Crippen molar-refractivity contribution in [2.45, 2.75) is 6.92 Å². The number of carbonyl (C=O) groups is 18. The quantitative estimate of drug-likeness (QED) is 0.0425. The van der Waals surface area contributed by atoms with Crippen LogP contribution in [0.15, 0.2) is 0 Å². The maximum Gasteiger partial charge on any atom is 0.347 e. The van der Waals surface area contributed by atoms with Crippen molar-refractivity contribution in [1.82, 2.24) is 0 Å². The van der Waals surface area contributed by atoms with Crippen molar-refractivity contribution < 1.29 is 167 Å². The van der Waals surface area contributed by atoms with Crippen molar-refractivity contribution in [3.8, 4) is 0 Å². The van der Waals surface area contributed by atoms with Crippen molar-refractivity contribution in [1.29, 1.82) is 0 Å². The molecule has 3 rings (SSSR count). The second kappa shape index (κ2) is 20.2. The van der Waals surface area contributed by atoms with Crippen LogP contribution in [0.2, 0.25) is 0 Å². The van der Waals surface area contributed by atoms with Crippen molar-refractivity contribution in [2.75, 3.05) is 6.61 Å². The minimum absolute atomic E-state index is 0.853. The number of hydrogen-bond donors (Lipinski definition) is 13. The molecule has 0 bridgehead atoms. The number of esters is 5. The predicted molar refractivity (Wildman–Crippen MR) is 205 cm³/mol. The molecule has 0 aliphatic heterocycles. The zero-order valence-electron chi connectivity index (χ0n) is 34.1. The standard InChI is InChI=1S/C38H18O34/c1-2-70-34(65)18-14(32(61)62)9(27(51)52)15(33(63)64)19(37(68)71-35(66)16-10(28(53)54)5(23(43)44)3(21(39)40)6(24(45)46)11(16)29(55)56)20(18)38(69)72-36(67)17-12(30(57)58)7(25(47)48)4(22(41)42)8(26(49)50)13(17)31(59)60/h2H2,1H3,(H,39,40)(H,41,42)(H,43,44)(H,45,46)(H,47,48)(H,49,50)(H,51,52)(H,53,54)(H,55,56)(H,57,58)(H,59,60)(H,61,62)(H,63,64). The minimum atomic E-state index is -3.14. The molecule has 0 saturated carbocycles. The molecule has 3 aromatic carbocycles. The normalized spacial score (nSPS) is 10.4. The fourth-order valence-corrected chi connectivity index (χ4v) is 6.63. The number of ether oxygens (including phenoxy) is 3. The molecule has 3 aromatic rings. The highest BCUT2D eigenvalue weighted by Gasteiger charge is 2.47. The zero-order chi connectivity index (χ0) is 55.6. The van der Waals surface area contributed by atoms with Gasteiger partial charge in [0.05, 0.1) is 107 Å². The second-order valence-electron chi connectivity index (χ2n) is 12.8. The first-order valence-corrected chi connectivity index (χ1v) is 17.6. The Morgan fingerprint density at radius 3 is 0.472 bits per heavy atom. The predicted octanol–water partition coefficient (Wildman–Crippen LogP) is -0.0657. The highest BCUT2D eigenvalue weighted by molar-refractivity contribution is 6.29. The summed E-state index contributed by atoms with van der Waals surface area (Å²) in [6.07, 6.45) is 0. The molecule has 0 unspecified atom stereocenters. The molecule has 0 aliphatic rings. The summed E-state index contributed by atoms with van der Waals surface area (Å²) in [6.45, 7) is -0.172. The molecule has 0 atom stereocenters. The van der Waals surface area contributed by atoms with Gasteiger partial charge in [0.2, 0.25) is 0 Å². The van der Waals surface area contributed by atoms with Gasteiger partial charge in [0.25, 0.3) is 0 Å². The summed E-state index contributed by atoms with van der Waals surface area (Å²) in [6, 6.07) is 0. The Hall–Kier alpha value is -11.5. The number of benzene rings is 3. The lowest BCUT2D eigenvalue weighted by Gasteiger charge is -2.21. The molecular formula is C38H18O34. The van der Waals surface area contributed by atoms with Gasteiger partial charge in [-0.05, 0) is 6.92 Å². The molecule has 0 aromatic heterocycles. The van der Waals surface area contributed by atoms with Gasteiger partial charge in [-0.1, -0.05) is 0 Å². The summed E-state index contributed by atoms with van der Waals surface area (Å²) in [5.41, 5.74) is -42.6. The number of rotatable bonds is 19. The van der Waals surface area contributed by atoms with Crippen molar-refractivity contribution in [3.05, 3.63) is 100 Å². The molecule has 13 N–H and O–H groups in total. The van der Waals surface area contributed by atoms with E-state index < -0.39 is 214 Å². The first-order valence-electron chi connectivity index (χ1n) is 17.6. The van der Waals surface area contributed by atoms with Gasteiger partial charge in [-0.25, -0.2) is 86.3 Å². The Morgan fingerprint density at radius 2 is 0.333 bits per heavy atom. The first-order chi connectivity index (χ1) is 33.1. The molecule has 374 valence electrons. The number of carboxylic acid groups (broad SMARTS) is 13. The van der Waals surface area contributed by atoms with E-state index in [1.165, 1.54) is 0 Å². The summed E-state index contributed by atoms with van der Waals surface area (Å²) in [4.78, 5) is 231. The fraction of sp³-hybridized carbons (Fsp3) is 0.0526. The zero-order valence-corrected chi connectivity index (χ0v) is 34.1. The average molecular weight is 1020 g/mol. The van der Waals surface area contributed by atoms with Gasteiger partial charge in [-0.15, -0.1) is 0 Å². The number of carbonyl (C=O) groups excluding carboxylic acids is 5. The van der Waals surface area contributed by atoms with Crippen LogP contribution >= 0.6 is 0 Å². The van der Waals surface area contributed by atoms with Crippen LogP contribution in [-0.4, -0.2) is 180 Å². The second-order valence-corrected chi connectivity index (χ2v) is 12.8. The van der Waals surface area contributed by atoms with Crippen molar-refractivity contribution in [2.24, 2.45) is 0 Å². The molecule has 0 fully saturated rings. The lowest BCUT2D eigenvalue weighted by molar-refractivity contribution is 0.0343. The van der Waals surface area contributed by atoms with Gasteiger partial charge in [-0.2, -0.15) is 0 Å². The van der Waals surface area contributed by atoms with Gasteiger partial charge < -0.3 is 80.6 Å². The van der Waals surface area contributed by atoms with E-state index in [-0.39, 0.29) is 0 Å². The van der Waals surface area contributed by atoms with Gasteiger partial charge in [0.15, 0.2) is 0 Å². The summed E-state index contributed by atoms with van der Waals surface area (Å²) in [5.74, 6) is -51.6. The van der Waals surface area contributed by atoms with Crippen LogP contribution in [0.1, 0.15) is 193 Å². The topological polar surface area (TPSA) is 598 Å². The van der Waals surface area contributed by atoms with E-state index in [0.717, 1.165) is 6.92 Å². The Kier molecular flexibility index (Phi) is 15.4. The van der Waals surface area contributed by atoms with Gasteiger partial charge >= 0.3 is 107 Å². The molecule has 34 nitrogen and oxygen atoms in total. The Balaban J connectivity index is 2.80. The maximum atomic E-state index is 14.2. The summed E-state index contributed by atoms with van der Waals surface area (Å²) < 4.78 is 13.1.